The summed E-state index contributed by atoms with van der Waals surface area (Å²) in [6, 6.07) is 6.68. The third-order valence-electron chi connectivity index (χ3n) is 5.04. The third-order valence-corrected chi connectivity index (χ3v) is 5.04. The van der Waals surface area contributed by atoms with E-state index < -0.39 is 0 Å². The highest BCUT2D eigenvalue weighted by Gasteiger charge is 2.15. The predicted molar refractivity (Wildman–Crippen MR) is 94.0 cm³/mol. The van der Waals surface area contributed by atoms with Crippen molar-refractivity contribution in [1.82, 2.24) is 9.78 Å². The Balaban J connectivity index is 1.76. The minimum atomic E-state index is 0.540. The van der Waals surface area contributed by atoms with Gasteiger partial charge in [0.15, 0.2) is 0 Å². The van der Waals surface area contributed by atoms with Crippen molar-refractivity contribution in [1.29, 1.82) is 0 Å². The zero-order valence-electron chi connectivity index (χ0n) is 13.6. The van der Waals surface area contributed by atoms with Gasteiger partial charge >= 0.3 is 0 Å². The van der Waals surface area contributed by atoms with Crippen LogP contribution in [-0.4, -0.2) is 9.78 Å². The van der Waals surface area contributed by atoms with Crippen LogP contribution < -0.4 is 5.73 Å². The molecule has 1 heterocycles. The van der Waals surface area contributed by atoms with E-state index in [-0.39, 0.29) is 0 Å². The summed E-state index contributed by atoms with van der Waals surface area (Å²) in [6.45, 7) is 0. The van der Waals surface area contributed by atoms with E-state index in [2.05, 4.69) is 21.9 Å². The van der Waals surface area contributed by atoms with Crippen LogP contribution in [0.15, 0.2) is 24.4 Å². The van der Waals surface area contributed by atoms with Gasteiger partial charge in [0, 0.05) is 11.1 Å². The molecule has 1 aliphatic rings. The third kappa shape index (κ3) is 3.82. The molecular formula is C19H29N3. The molecule has 0 aliphatic heterocycles. The number of nitrogens with two attached hydrogens (primary N) is 1. The Kier molecular flexibility index (Phi) is 5.36. The molecular weight excluding hydrogens is 270 g/mol. The number of rotatable bonds is 1. The standard InChI is InChI=1S/C19H29N3/c20-17-13-12-16-15-21-22(19(16)14-17)18-10-8-6-4-2-1-3-5-7-9-11-18/h12-15,18H,1-11,20H2. The van der Waals surface area contributed by atoms with Crippen molar-refractivity contribution >= 4 is 16.6 Å². The lowest BCUT2D eigenvalue weighted by atomic mass is 9.98. The predicted octanol–water partition coefficient (Wildman–Crippen LogP) is 5.46. The van der Waals surface area contributed by atoms with E-state index in [4.69, 9.17) is 5.73 Å². The molecule has 3 nitrogen and oxygen atoms in total. The second kappa shape index (κ2) is 7.66. The van der Waals surface area contributed by atoms with E-state index in [0.717, 1.165) is 5.69 Å². The summed E-state index contributed by atoms with van der Waals surface area (Å²) in [4.78, 5) is 0. The minimum Gasteiger partial charge on any atom is -0.399 e. The summed E-state index contributed by atoms with van der Waals surface area (Å²) < 4.78 is 2.25. The smallest absolute Gasteiger partial charge is 0.0706 e. The Morgan fingerprint density at radius 3 is 2.09 bits per heavy atom. The van der Waals surface area contributed by atoms with Crippen LogP contribution in [0.5, 0.6) is 0 Å². The quantitative estimate of drug-likeness (QED) is 0.710. The summed E-state index contributed by atoms with van der Waals surface area (Å²) in [7, 11) is 0. The summed E-state index contributed by atoms with van der Waals surface area (Å²) in [6.07, 6.45) is 17.0. The molecule has 3 rings (SSSR count). The van der Waals surface area contributed by atoms with Crippen LogP contribution in [0.25, 0.3) is 10.9 Å². The summed E-state index contributed by atoms with van der Waals surface area (Å²) >= 11 is 0. The van der Waals surface area contributed by atoms with Crippen LogP contribution in [-0.2, 0) is 0 Å². The monoisotopic (exact) mass is 299 g/mol. The summed E-state index contributed by atoms with van der Waals surface area (Å²) in [5.41, 5.74) is 8.02. The first-order valence-electron chi connectivity index (χ1n) is 9.07. The van der Waals surface area contributed by atoms with Crippen LogP contribution in [0.3, 0.4) is 0 Å². The fraction of sp³-hybridized carbons (Fsp3) is 0.632. The van der Waals surface area contributed by atoms with Crippen LogP contribution in [0.1, 0.15) is 76.7 Å². The maximum absolute atomic E-state index is 5.98. The molecule has 1 aromatic heterocycles. The Morgan fingerprint density at radius 2 is 1.45 bits per heavy atom. The zero-order valence-corrected chi connectivity index (χ0v) is 13.6. The van der Waals surface area contributed by atoms with Crippen LogP contribution >= 0.6 is 0 Å². The lowest BCUT2D eigenvalue weighted by Gasteiger charge is -2.19. The van der Waals surface area contributed by atoms with Gasteiger partial charge in [-0.25, -0.2) is 0 Å². The molecule has 0 amide bonds. The Labute approximate surface area is 133 Å². The molecule has 1 aliphatic carbocycles. The van der Waals surface area contributed by atoms with Gasteiger partial charge in [0.25, 0.3) is 0 Å². The summed E-state index contributed by atoms with van der Waals surface area (Å²) in [5.74, 6) is 0. The first-order valence-corrected chi connectivity index (χ1v) is 9.07. The molecule has 0 radical (unpaired) electrons. The molecule has 1 fully saturated rings. The van der Waals surface area contributed by atoms with E-state index in [1.165, 1.54) is 81.5 Å². The molecule has 2 N–H and O–H groups in total. The molecule has 1 aromatic carbocycles. The fourth-order valence-corrected chi connectivity index (χ4v) is 3.73. The van der Waals surface area contributed by atoms with E-state index in [1.807, 2.05) is 12.3 Å². The topological polar surface area (TPSA) is 43.8 Å². The molecule has 0 spiro atoms. The fourth-order valence-electron chi connectivity index (χ4n) is 3.73. The summed E-state index contributed by atoms with van der Waals surface area (Å²) in [5, 5.41) is 5.90. The highest BCUT2D eigenvalue weighted by molar-refractivity contribution is 5.81. The molecule has 3 heteroatoms. The number of benzene rings is 1. The highest BCUT2D eigenvalue weighted by Crippen LogP contribution is 2.28. The van der Waals surface area contributed by atoms with E-state index in [0.29, 0.717) is 6.04 Å². The van der Waals surface area contributed by atoms with Crippen molar-refractivity contribution in [2.24, 2.45) is 0 Å². The number of fused-ring (bicyclic) bond motifs is 1. The van der Waals surface area contributed by atoms with Crippen LogP contribution in [0, 0.1) is 0 Å². The van der Waals surface area contributed by atoms with Crippen molar-refractivity contribution in [2.45, 2.75) is 76.7 Å². The maximum Gasteiger partial charge on any atom is 0.0706 e. The van der Waals surface area contributed by atoms with Gasteiger partial charge in [-0.2, -0.15) is 5.10 Å². The molecule has 0 atom stereocenters. The van der Waals surface area contributed by atoms with Crippen molar-refractivity contribution in [3.63, 3.8) is 0 Å². The second-order valence-corrected chi connectivity index (χ2v) is 6.82. The van der Waals surface area contributed by atoms with E-state index in [9.17, 15) is 0 Å². The number of aromatic nitrogens is 2. The number of nitrogens with zero attached hydrogens (tertiary/aromatic N) is 2. The number of nitrogen functional groups attached to an aromatic ring is 1. The molecule has 0 unspecified atom stereocenters. The minimum absolute atomic E-state index is 0.540. The lowest BCUT2D eigenvalue weighted by molar-refractivity contribution is 0.370. The van der Waals surface area contributed by atoms with Gasteiger partial charge in [0.05, 0.1) is 17.8 Å². The van der Waals surface area contributed by atoms with Crippen LogP contribution in [0.2, 0.25) is 0 Å². The van der Waals surface area contributed by atoms with Gasteiger partial charge in [0.1, 0.15) is 0 Å². The molecule has 1 saturated carbocycles. The maximum atomic E-state index is 5.98. The van der Waals surface area contributed by atoms with E-state index in [1.54, 1.807) is 0 Å². The number of hydrogen-bond acceptors (Lipinski definition) is 2. The SMILES string of the molecule is Nc1ccc2cnn(C3CCCCCCCCCCC3)c2c1. The molecule has 0 saturated heterocycles. The first kappa shape index (κ1) is 15.4. The zero-order chi connectivity index (χ0) is 15.2. The van der Waals surface area contributed by atoms with Gasteiger partial charge in [-0.15, -0.1) is 0 Å². The van der Waals surface area contributed by atoms with Gasteiger partial charge < -0.3 is 5.73 Å². The van der Waals surface area contributed by atoms with Gasteiger partial charge in [-0.05, 0) is 31.0 Å². The average Bonchev–Trinajstić information content (AvgIpc) is 2.91. The molecule has 120 valence electrons. The van der Waals surface area contributed by atoms with E-state index >= 15 is 0 Å². The average molecular weight is 299 g/mol. The first-order chi connectivity index (χ1) is 10.8. The van der Waals surface area contributed by atoms with Crippen molar-refractivity contribution < 1.29 is 0 Å². The largest absolute Gasteiger partial charge is 0.399 e. The normalized spacial score (nSPS) is 19.6. The van der Waals surface area contributed by atoms with Gasteiger partial charge in [0.2, 0.25) is 0 Å². The number of anilines is 1. The lowest BCUT2D eigenvalue weighted by Crippen LogP contribution is -2.11. The van der Waals surface area contributed by atoms with Crippen molar-refractivity contribution in [2.75, 3.05) is 5.73 Å². The Hall–Kier alpha value is -1.51. The van der Waals surface area contributed by atoms with Crippen molar-refractivity contribution in [3.05, 3.63) is 24.4 Å². The van der Waals surface area contributed by atoms with Gasteiger partial charge in [-0.1, -0.05) is 57.8 Å². The highest BCUT2D eigenvalue weighted by atomic mass is 15.3. The van der Waals surface area contributed by atoms with Crippen molar-refractivity contribution in [3.8, 4) is 0 Å². The second-order valence-electron chi connectivity index (χ2n) is 6.82. The Bertz CT molecular complexity index is 575. The molecule has 22 heavy (non-hydrogen) atoms. The molecule has 0 bridgehead atoms. The molecule has 2 aromatic rings. The van der Waals surface area contributed by atoms with Crippen LogP contribution in [0.4, 0.5) is 5.69 Å². The number of hydrogen-bond donors (Lipinski definition) is 1. The Morgan fingerprint density at radius 1 is 0.864 bits per heavy atom. The van der Waals surface area contributed by atoms with Gasteiger partial charge in [-0.3, -0.25) is 4.68 Å².